The summed E-state index contributed by atoms with van der Waals surface area (Å²) in [6.45, 7) is 6.08. The van der Waals surface area contributed by atoms with Gasteiger partial charge in [0.25, 0.3) is 0 Å². The Balaban J connectivity index is 1.07. The van der Waals surface area contributed by atoms with Crippen molar-refractivity contribution in [3.8, 4) is 5.75 Å². The van der Waals surface area contributed by atoms with Crippen LogP contribution in [-0.4, -0.2) is 68.0 Å². The van der Waals surface area contributed by atoms with Gasteiger partial charge in [0.2, 0.25) is 11.8 Å². The summed E-state index contributed by atoms with van der Waals surface area (Å²) < 4.78 is 5.17. The molecule has 0 bridgehead atoms. The van der Waals surface area contributed by atoms with Crippen LogP contribution in [0.1, 0.15) is 29.5 Å². The molecule has 2 amide bonds. The number of hydrogen-bond donors (Lipinski definition) is 1. The van der Waals surface area contributed by atoms with Gasteiger partial charge in [0.15, 0.2) is 0 Å². The highest BCUT2D eigenvalue weighted by Crippen LogP contribution is 2.23. The molecule has 2 aliphatic rings. The number of methoxy groups -OCH3 is 1. The summed E-state index contributed by atoms with van der Waals surface area (Å²) in [6, 6.07) is 21.5. The number of carbonyl (C=O) groups is 2. The molecule has 7 nitrogen and oxygen atoms in total. The first-order valence-electron chi connectivity index (χ1n) is 14.0. The number of anilines is 2. The molecule has 0 atom stereocenters. The molecule has 210 valence electrons. The van der Waals surface area contributed by atoms with Crippen molar-refractivity contribution < 1.29 is 14.3 Å². The Kier molecular flexibility index (Phi) is 9.24. The van der Waals surface area contributed by atoms with E-state index in [1.54, 1.807) is 7.11 Å². The highest BCUT2D eigenvalue weighted by molar-refractivity contribution is 6.31. The van der Waals surface area contributed by atoms with Gasteiger partial charge in [0.1, 0.15) is 5.75 Å². The fourth-order valence-corrected chi connectivity index (χ4v) is 5.68. The lowest BCUT2D eigenvalue weighted by atomic mass is 10.1. The molecule has 2 saturated heterocycles. The van der Waals surface area contributed by atoms with Crippen LogP contribution in [0.15, 0.2) is 66.7 Å². The molecule has 0 aromatic heterocycles. The van der Waals surface area contributed by atoms with Gasteiger partial charge in [-0.1, -0.05) is 35.9 Å². The molecular weight excluding hydrogens is 524 g/mol. The lowest BCUT2D eigenvalue weighted by molar-refractivity contribution is -0.130. The fourth-order valence-electron chi connectivity index (χ4n) is 5.41. The summed E-state index contributed by atoms with van der Waals surface area (Å²) in [5.74, 6) is 0.822. The van der Waals surface area contributed by atoms with Crippen LogP contribution in [0.25, 0.3) is 0 Å². The summed E-state index contributed by atoms with van der Waals surface area (Å²) in [6.07, 6.45) is 3.16. The first-order chi connectivity index (χ1) is 19.5. The van der Waals surface area contributed by atoms with Crippen LogP contribution < -0.4 is 15.0 Å². The van der Waals surface area contributed by atoms with Gasteiger partial charge < -0.3 is 19.9 Å². The number of piperazine rings is 1. The molecule has 2 aliphatic heterocycles. The topological polar surface area (TPSA) is 65.1 Å². The van der Waals surface area contributed by atoms with E-state index in [9.17, 15) is 9.59 Å². The maximum Gasteiger partial charge on any atom is 0.228 e. The molecule has 2 heterocycles. The van der Waals surface area contributed by atoms with Crippen molar-refractivity contribution in [3.05, 3.63) is 88.4 Å². The fraction of sp³-hybridized carbons (Fsp3) is 0.375. The molecule has 5 rings (SSSR count). The Morgan fingerprint density at radius 1 is 0.825 bits per heavy atom. The Morgan fingerprint density at radius 2 is 1.50 bits per heavy atom. The van der Waals surface area contributed by atoms with Crippen molar-refractivity contribution in [1.82, 2.24) is 9.80 Å². The maximum absolute atomic E-state index is 13.0. The van der Waals surface area contributed by atoms with Crippen LogP contribution in [0.4, 0.5) is 11.4 Å². The lowest BCUT2D eigenvalue weighted by Gasteiger charge is -2.36. The number of benzene rings is 3. The molecule has 0 saturated carbocycles. The lowest BCUT2D eigenvalue weighted by Crippen LogP contribution is -2.49. The van der Waals surface area contributed by atoms with Crippen molar-refractivity contribution in [2.75, 3.05) is 56.6 Å². The smallest absolute Gasteiger partial charge is 0.228 e. The van der Waals surface area contributed by atoms with Crippen molar-refractivity contribution in [1.29, 1.82) is 0 Å². The number of nitrogens with zero attached hydrogens (tertiary/aromatic N) is 3. The average molecular weight is 561 g/mol. The number of ether oxygens (including phenoxy) is 1. The molecule has 1 N–H and O–H groups in total. The summed E-state index contributed by atoms with van der Waals surface area (Å²) in [5, 5.41) is 3.65. The van der Waals surface area contributed by atoms with Crippen LogP contribution >= 0.6 is 11.6 Å². The second-order valence-corrected chi connectivity index (χ2v) is 11.0. The van der Waals surface area contributed by atoms with Crippen LogP contribution in [0, 0.1) is 0 Å². The first-order valence-corrected chi connectivity index (χ1v) is 14.4. The minimum Gasteiger partial charge on any atom is -0.497 e. The van der Waals surface area contributed by atoms with Crippen molar-refractivity contribution in [3.63, 3.8) is 0 Å². The van der Waals surface area contributed by atoms with E-state index in [1.807, 2.05) is 65.6 Å². The van der Waals surface area contributed by atoms with Gasteiger partial charge >= 0.3 is 0 Å². The molecule has 0 spiro atoms. The minimum absolute atomic E-state index is 0.0635. The number of nitrogens with one attached hydrogen (secondary N) is 1. The minimum atomic E-state index is -0.0635. The maximum atomic E-state index is 13.0. The third-order valence-electron chi connectivity index (χ3n) is 7.74. The molecule has 0 radical (unpaired) electrons. The number of amides is 2. The number of hydrogen-bond acceptors (Lipinski definition) is 5. The molecule has 40 heavy (non-hydrogen) atoms. The summed E-state index contributed by atoms with van der Waals surface area (Å²) >= 11 is 6.57. The molecular formula is C32H37ClN4O3. The molecule has 3 aromatic rings. The van der Waals surface area contributed by atoms with E-state index in [1.165, 1.54) is 18.4 Å². The van der Waals surface area contributed by atoms with Gasteiger partial charge in [0, 0.05) is 49.1 Å². The average Bonchev–Trinajstić information content (AvgIpc) is 3.48. The molecule has 3 aromatic carbocycles. The number of likely N-dealkylation sites (tertiary alicyclic amines) is 1. The number of rotatable bonds is 9. The van der Waals surface area contributed by atoms with Gasteiger partial charge in [-0.05, 0) is 85.1 Å². The number of carbonyl (C=O) groups excluding carboxylic acids is 2. The highest BCUT2D eigenvalue weighted by atomic mass is 35.5. The third-order valence-corrected chi connectivity index (χ3v) is 8.09. The Bertz CT molecular complexity index is 1300. The summed E-state index contributed by atoms with van der Waals surface area (Å²) in [7, 11) is 1.62. The SMILES string of the molecule is COc1ccc(CC(=O)Nc2ccc(N3CCN(C(=O)Cc4ccc(CN5CCCC5)cc4Cl)CC3)cc2)cc1. The Morgan fingerprint density at radius 3 is 2.15 bits per heavy atom. The standard InChI is InChI=1S/C32H37ClN4O3/c1-40-29-12-5-24(6-13-29)21-31(38)34-27-8-10-28(11-9-27)36-16-18-37(19-17-36)32(39)22-26-7-4-25(20-30(26)33)23-35-14-2-3-15-35/h4-13,20H,2-3,14-19,21-23H2,1H3,(H,34,38). The summed E-state index contributed by atoms with van der Waals surface area (Å²) in [4.78, 5) is 32.1. The Hall–Kier alpha value is -3.55. The van der Waals surface area contributed by atoms with Crippen LogP contribution in [-0.2, 0) is 29.0 Å². The second kappa shape index (κ2) is 13.2. The van der Waals surface area contributed by atoms with Gasteiger partial charge in [-0.15, -0.1) is 0 Å². The van der Waals surface area contributed by atoms with E-state index in [4.69, 9.17) is 16.3 Å². The molecule has 0 aliphatic carbocycles. The van der Waals surface area contributed by atoms with E-state index in [0.29, 0.717) is 31.0 Å². The predicted molar refractivity (Wildman–Crippen MR) is 160 cm³/mol. The van der Waals surface area contributed by atoms with E-state index in [2.05, 4.69) is 21.2 Å². The monoisotopic (exact) mass is 560 g/mol. The zero-order chi connectivity index (χ0) is 27.9. The van der Waals surface area contributed by atoms with Crippen LogP contribution in [0.5, 0.6) is 5.75 Å². The van der Waals surface area contributed by atoms with Crippen LogP contribution in [0.2, 0.25) is 5.02 Å². The normalized spacial score (nSPS) is 15.8. The van der Waals surface area contributed by atoms with Gasteiger partial charge in [-0.25, -0.2) is 0 Å². The molecule has 0 unspecified atom stereocenters. The van der Waals surface area contributed by atoms with Crippen molar-refractivity contribution in [2.45, 2.75) is 32.2 Å². The largest absolute Gasteiger partial charge is 0.497 e. The van der Waals surface area contributed by atoms with Crippen molar-refractivity contribution >= 4 is 34.8 Å². The molecule has 2 fully saturated rings. The zero-order valence-corrected chi connectivity index (χ0v) is 23.8. The van der Waals surface area contributed by atoms with Gasteiger partial charge in [0.05, 0.1) is 20.0 Å². The molecule has 8 heteroatoms. The highest BCUT2D eigenvalue weighted by Gasteiger charge is 2.22. The second-order valence-electron chi connectivity index (χ2n) is 10.6. The van der Waals surface area contributed by atoms with E-state index < -0.39 is 0 Å². The third kappa shape index (κ3) is 7.34. The quantitative estimate of drug-likeness (QED) is 0.398. The predicted octanol–water partition coefficient (Wildman–Crippen LogP) is 5.02. The van der Waals surface area contributed by atoms with E-state index in [-0.39, 0.29) is 11.8 Å². The first kappa shape index (κ1) is 28.0. The number of halogens is 1. The van der Waals surface area contributed by atoms with Gasteiger partial charge in [-0.2, -0.15) is 0 Å². The zero-order valence-electron chi connectivity index (χ0n) is 23.1. The Labute approximate surface area is 241 Å². The summed E-state index contributed by atoms with van der Waals surface area (Å²) in [5.41, 5.74) is 4.87. The van der Waals surface area contributed by atoms with E-state index in [0.717, 1.165) is 61.0 Å². The van der Waals surface area contributed by atoms with Gasteiger partial charge in [-0.3, -0.25) is 14.5 Å². The van der Waals surface area contributed by atoms with E-state index >= 15 is 0 Å². The van der Waals surface area contributed by atoms with Crippen LogP contribution in [0.3, 0.4) is 0 Å². The van der Waals surface area contributed by atoms with Crippen molar-refractivity contribution in [2.24, 2.45) is 0 Å².